The SMILES string of the molecule is CC[C@@H](n1cnc2cnc3ccccc3c21)C1(O)CCCC1. The average Bonchev–Trinajstić information content (AvgIpc) is 3.16. The van der Waals surface area contributed by atoms with Crippen molar-refractivity contribution in [3.63, 3.8) is 0 Å². The summed E-state index contributed by atoms with van der Waals surface area (Å²) in [5.74, 6) is 0. The van der Waals surface area contributed by atoms with Gasteiger partial charge in [0.15, 0.2) is 0 Å². The largest absolute Gasteiger partial charge is 0.388 e. The van der Waals surface area contributed by atoms with Crippen LogP contribution in [0.4, 0.5) is 0 Å². The van der Waals surface area contributed by atoms with E-state index in [0.29, 0.717) is 0 Å². The van der Waals surface area contributed by atoms with Crippen molar-refractivity contribution in [3.8, 4) is 0 Å². The summed E-state index contributed by atoms with van der Waals surface area (Å²) in [5.41, 5.74) is 2.37. The van der Waals surface area contributed by atoms with E-state index in [1.54, 1.807) is 0 Å². The highest BCUT2D eigenvalue weighted by atomic mass is 16.3. The molecule has 2 aromatic heterocycles. The molecule has 0 bridgehead atoms. The first kappa shape index (κ1) is 13.7. The van der Waals surface area contributed by atoms with Crippen LogP contribution in [0.1, 0.15) is 45.1 Å². The lowest BCUT2D eigenvalue weighted by Crippen LogP contribution is -2.36. The summed E-state index contributed by atoms with van der Waals surface area (Å²) in [6.45, 7) is 2.15. The molecule has 4 rings (SSSR count). The molecule has 4 nitrogen and oxygen atoms in total. The number of pyridine rings is 1. The van der Waals surface area contributed by atoms with Crippen LogP contribution in [0.15, 0.2) is 36.8 Å². The zero-order chi connectivity index (χ0) is 15.2. The van der Waals surface area contributed by atoms with Crippen LogP contribution in [0.2, 0.25) is 0 Å². The molecule has 3 aromatic rings. The van der Waals surface area contributed by atoms with Gasteiger partial charge in [0.25, 0.3) is 0 Å². The van der Waals surface area contributed by atoms with Gasteiger partial charge in [0.1, 0.15) is 5.52 Å². The normalized spacial score (nSPS) is 19.0. The van der Waals surface area contributed by atoms with Gasteiger partial charge in [-0.25, -0.2) is 4.98 Å². The molecular formula is C18H21N3O. The van der Waals surface area contributed by atoms with Gasteiger partial charge in [-0.3, -0.25) is 4.98 Å². The van der Waals surface area contributed by atoms with Gasteiger partial charge in [0.2, 0.25) is 0 Å². The molecule has 2 heterocycles. The zero-order valence-electron chi connectivity index (χ0n) is 12.9. The lowest BCUT2D eigenvalue weighted by atomic mass is 9.90. The van der Waals surface area contributed by atoms with Crippen molar-refractivity contribution in [2.24, 2.45) is 0 Å². The van der Waals surface area contributed by atoms with Crippen molar-refractivity contribution >= 4 is 21.9 Å². The monoisotopic (exact) mass is 295 g/mol. The second-order valence-corrected chi connectivity index (χ2v) is 6.40. The summed E-state index contributed by atoms with van der Waals surface area (Å²) in [4.78, 5) is 9.01. The molecule has 0 radical (unpaired) electrons. The third kappa shape index (κ3) is 1.94. The Morgan fingerprint density at radius 1 is 1.18 bits per heavy atom. The topological polar surface area (TPSA) is 50.9 Å². The number of aromatic nitrogens is 3. The third-order valence-corrected chi connectivity index (χ3v) is 5.12. The highest BCUT2D eigenvalue weighted by Crippen LogP contribution is 2.42. The Bertz CT molecular complexity index is 817. The standard InChI is InChI=1S/C18H21N3O/c1-2-16(18(22)9-5-6-10-18)21-12-20-15-11-19-14-8-4-3-7-13(14)17(15)21/h3-4,7-8,11-12,16,22H,2,5-6,9-10H2,1H3/t16-/m1/s1. The van der Waals surface area contributed by atoms with E-state index in [2.05, 4.69) is 27.5 Å². The molecule has 22 heavy (non-hydrogen) atoms. The van der Waals surface area contributed by atoms with Crippen LogP contribution in [0.3, 0.4) is 0 Å². The first-order chi connectivity index (χ1) is 10.7. The van der Waals surface area contributed by atoms with Crippen LogP contribution in [-0.4, -0.2) is 25.2 Å². The fourth-order valence-electron chi connectivity index (χ4n) is 4.06. The second-order valence-electron chi connectivity index (χ2n) is 6.40. The molecule has 0 spiro atoms. The quantitative estimate of drug-likeness (QED) is 0.798. The maximum Gasteiger partial charge on any atom is 0.107 e. The van der Waals surface area contributed by atoms with Gasteiger partial charge < -0.3 is 9.67 Å². The Labute approximate surface area is 129 Å². The molecule has 1 N–H and O–H groups in total. The number of para-hydroxylation sites is 1. The van der Waals surface area contributed by atoms with Crippen LogP contribution in [0.5, 0.6) is 0 Å². The van der Waals surface area contributed by atoms with E-state index in [4.69, 9.17) is 0 Å². The number of rotatable bonds is 3. The fraction of sp³-hybridized carbons (Fsp3) is 0.444. The van der Waals surface area contributed by atoms with Crippen molar-refractivity contribution in [1.82, 2.24) is 14.5 Å². The van der Waals surface area contributed by atoms with E-state index >= 15 is 0 Å². The second kappa shape index (κ2) is 5.06. The van der Waals surface area contributed by atoms with Gasteiger partial charge in [-0.2, -0.15) is 0 Å². The smallest absolute Gasteiger partial charge is 0.107 e. The Balaban J connectivity index is 1.96. The number of imidazole rings is 1. The molecule has 0 amide bonds. The molecule has 1 fully saturated rings. The molecule has 114 valence electrons. The highest BCUT2D eigenvalue weighted by Gasteiger charge is 2.40. The number of hydrogen-bond donors (Lipinski definition) is 1. The molecular weight excluding hydrogens is 274 g/mol. The van der Waals surface area contributed by atoms with Crippen molar-refractivity contribution in [2.75, 3.05) is 0 Å². The van der Waals surface area contributed by atoms with Gasteiger partial charge in [-0.15, -0.1) is 0 Å². The maximum atomic E-state index is 11.1. The predicted molar refractivity (Wildman–Crippen MR) is 87.8 cm³/mol. The average molecular weight is 295 g/mol. The van der Waals surface area contributed by atoms with Crippen LogP contribution in [-0.2, 0) is 0 Å². The number of hydrogen-bond acceptors (Lipinski definition) is 3. The summed E-state index contributed by atoms with van der Waals surface area (Å²) in [6.07, 6.45) is 8.60. The molecule has 0 saturated heterocycles. The number of benzene rings is 1. The van der Waals surface area contributed by atoms with Gasteiger partial charge in [0.05, 0.1) is 35.2 Å². The van der Waals surface area contributed by atoms with Gasteiger partial charge in [-0.1, -0.05) is 38.0 Å². The minimum Gasteiger partial charge on any atom is -0.388 e. The highest BCUT2D eigenvalue weighted by molar-refractivity contribution is 6.02. The third-order valence-electron chi connectivity index (χ3n) is 5.12. The van der Waals surface area contributed by atoms with Crippen molar-refractivity contribution < 1.29 is 5.11 Å². The van der Waals surface area contributed by atoms with Crippen LogP contribution >= 0.6 is 0 Å². The van der Waals surface area contributed by atoms with Gasteiger partial charge >= 0.3 is 0 Å². The van der Waals surface area contributed by atoms with E-state index in [-0.39, 0.29) is 6.04 Å². The molecule has 1 saturated carbocycles. The minimum atomic E-state index is -0.604. The van der Waals surface area contributed by atoms with Gasteiger partial charge in [-0.05, 0) is 25.3 Å². The van der Waals surface area contributed by atoms with Crippen molar-refractivity contribution in [2.45, 2.75) is 50.7 Å². The van der Waals surface area contributed by atoms with E-state index in [9.17, 15) is 5.11 Å². The first-order valence-electron chi connectivity index (χ1n) is 8.15. The minimum absolute atomic E-state index is 0.0748. The molecule has 4 heteroatoms. The van der Waals surface area contributed by atoms with E-state index in [0.717, 1.165) is 54.0 Å². The number of nitrogens with zero attached hydrogens (tertiary/aromatic N) is 3. The van der Waals surface area contributed by atoms with Crippen molar-refractivity contribution in [1.29, 1.82) is 0 Å². The molecule has 0 aliphatic heterocycles. The predicted octanol–water partition coefficient (Wildman–Crippen LogP) is 3.84. The van der Waals surface area contributed by atoms with Crippen LogP contribution in [0, 0.1) is 0 Å². The molecule has 1 aliphatic rings. The summed E-state index contributed by atoms with van der Waals surface area (Å²) in [6, 6.07) is 8.23. The van der Waals surface area contributed by atoms with E-state index in [1.807, 2.05) is 30.7 Å². The summed E-state index contributed by atoms with van der Waals surface area (Å²) < 4.78 is 2.19. The van der Waals surface area contributed by atoms with Crippen LogP contribution in [0.25, 0.3) is 21.9 Å². The Kier molecular flexibility index (Phi) is 3.15. The Hall–Kier alpha value is -1.94. The van der Waals surface area contributed by atoms with E-state index in [1.165, 1.54) is 0 Å². The summed E-state index contributed by atoms with van der Waals surface area (Å²) in [7, 11) is 0. The maximum absolute atomic E-state index is 11.1. The molecule has 1 aromatic carbocycles. The molecule has 0 unspecified atom stereocenters. The Morgan fingerprint density at radius 3 is 2.73 bits per heavy atom. The zero-order valence-corrected chi connectivity index (χ0v) is 12.9. The Morgan fingerprint density at radius 2 is 1.95 bits per heavy atom. The summed E-state index contributed by atoms with van der Waals surface area (Å²) in [5, 5.41) is 12.2. The van der Waals surface area contributed by atoms with Crippen LogP contribution < -0.4 is 0 Å². The summed E-state index contributed by atoms with van der Waals surface area (Å²) >= 11 is 0. The first-order valence-corrected chi connectivity index (χ1v) is 8.15. The van der Waals surface area contributed by atoms with E-state index < -0.39 is 5.60 Å². The number of aliphatic hydroxyl groups is 1. The number of fused-ring (bicyclic) bond motifs is 3. The van der Waals surface area contributed by atoms with Gasteiger partial charge in [0, 0.05) is 5.39 Å². The fourth-order valence-corrected chi connectivity index (χ4v) is 4.06. The molecule has 1 aliphatic carbocycles. The lowest BCUT2D eigenvalue weighted by Gasteiger charge is -2.33. The van der Waals surface area contributed by atoms with Crippen molar-refractivity contribution in [3.05, 3.63) is 36.8 Å². The molecule has 1 atom stereocenters. The lowest BCUT2D eigenvalue weighted by molar-refractivity contribution is -0.00632.